The number of methoxy groups -OCH3 is 1. The van der Waals surface area contributed by atoms with Crippen molar-refractivity contribution in [1.82, 2.24) is 0 Å². The Morgan fingerprint density at radius 2 is 1.85 bits per heavy atom. The zero-order valence-electron chi connectivity index (χ0n) is 16.4. The van der Waals surface area contributed by atoms with Gasteiger partial charge in [-0.3, -0.25) is 0 Å². The third-order valence-corrected chi connectivity index (χ3v) is 7.30. The lowest BCUT2D eigenvalue weighted by Crippen LogP contribution is -2.10. The number of ether oxygens (including phenoxy) is 1. The molecule has 0 heterocycles. The molecule has 0 fully saturated rings. The predicted molar refractivity (Wildman–Crippen MR) is 107 cm³/mol. The largest absolute Gasteiger partial charge is 0.385 e. The fraction of sp³-hybridized carbons (Fsp3) is 0.455. The maximum absolute atomic E-state index is 14.3. The van der Waals surface area contributed by atoms with Crippen LogP contribution in [0.4, 0.5) is 4.39 Å². The van der Waals surface area contributed by atoms with Gasteiger partial charge in [-0.1, -0.05) is 13.0 Å². The van der Waals surface area contributed by atoms with Gasteiger partial charge in [0.15, 0.2) is 9.84 Å². The van der Waals surface area contributed by atoms with Gasteiger partial charge in [0.2, 0.25) is 0 Å². The van der Waals surface area contributed by atoms with Crippen LogP contribution in [0.3, 0.4) is 0 Å². The van der Waals surface area contributed by atoms with Gasteiger partial charge in [0.25, 0.3) is 0 Å². The van der Waals surface area contributed by atoms with Gasteiger partial charge < -0.3 is 4.74 Å². The Balaban J connectivity index is 2.06. The van der Waals surface area contributed by atoms with Gasteiger partial charge in [-0.25, -0.2) is 12.8 Å². The van der Waals surface area contributed by atoms with Gasteiger partial charge in [0, 0.05) is 13.7 Å². The molecule has 5 heteroatoms. The Morgan fingerprint density at radius 1 is 1.19 bits per heavy atom. The van der Waals surface area contributed by atoms with E-state index in [0.29, 0.717) is 17.9 Å². The fourth-order valence-corrected chi connectivity index (χ4v) is 5.66. The predicted octanol–water partition coefficient (Wildman–Crippen LogP) is 4.97. The first kappa shape index (κ1) is 20.0. The molecule has 3 rings (SSSR count). The quantitative estimate of drug-likeness (QED) is 0.654. The van der Waals surface area contributed by atoms with E-state index >= 15 is 0 Å². The van der Waals surface area contributed by atoms with E-state index in [0.717, 1.165) is 46.2 Å². The van der Waals surface area contributed by atoms with Crippen LogP contribution in [0.1, 0.15) is 47.9 Å². The maximum atomic E-state index is 14.3. The summed E-state index contributed by atoms with van der Waals surface area (Å²) in [5, 5.41) is 0. The van der Waals surface area contributed by atoms with Crippen molar-refractivity contribution in [1.29, 1.82) is 0 Å². The van der Waals surface area contributed by atoms with Crippen LogP contribution in [-0.2, 0) is 21.0 Å². The van der Waals surface area contributed by atoms with Crippen LogP contribution in [0.25, 0.3) is 11.1 Å². The molecule has 0 radical (unpaired) electrons. The van der Waals surface area contributed by atoms with E-state index in [2.05, 4.69) is 6.92 Å². The normalized spacial score (nSPS) is 16.6. The Hall–Kier alpha value is -1.72. The van der Waals surface area contributed by atoms with Crippen molar-refractivity contribution in [3.8, 4) is 11.1 Å². The lowest BCUT2D eigenvalue weighted by atomic mass is 9.90. The van der Waals surface area contributed by atoms with Crippen LogP contribution in [-0.4, -0.2) is 27.9 Å². The molecule has 2 aromatic rings. The summed E-state index contributed by atoms with van der Waals surface area (Å²) < 4.78 is 44.5. The summed E-state index contributed by atoms with van der Waals surface area (Å²) in [6.07, 6.45) is 2.29. The van der Waals surface area contributed by atoms with Gasteiger partial charge in [-0.05, 0) is 90.6 Å². The second-order valence-corrected chi connectivity index (χ2v) is 9.63. The zero-order valence-corrected chi connectivity index (χ0v) is 17.2. The van der Waals surface area contributed by atoms with Crippen LogP contribution in [0.15, 0.2) is 29.2 Å². The summed E-state index contributed by atoms with van der Waals surface area (Å²) in [5.41, 5.74) is 5.78. The van der Waals surface area contributed by atoms with Crippen LogP contribution >= 0.6 is 0 Å². The van der Waals surface area contributed by atoms with Crippen molar-refractivity contribution >= 4 is 9.84 Å². The van der Waals surface area contributed by atoms with Crippen molar-refractivity contribution in [3.63, 3.8) is 0 Å². The molecule has 0 aliphatic heterocycles. The molecular weight excluding hydrogens is 363 g/mol. The summed E-state index contributed by atoms with van der Waals surface area (Å²) in [6, 6.07) is 6.88. The Morgan fingerprint density at radius 3 is 2.48 bits per heavy atom. The minimum atomic E-state index is -3.34. The Kier molecular flexibility index (Phi) is 5.73. The number of halogens is 1. The summed E-state index contributed by atoms with van der Waals surface area (Å²) in [5.74, 6) is 0.162. The number of fused-ring (bicyclic) bond motifs is 1. The molecule has 3 nitrogen and oxygen atoms in total. The van der Waals surface area contributed by atoms with Gasteiger partial charge in [0.1, 0.15) is 5.82 Å². The average molecular weight is 391 g/mol. The SMILES string of the molecule is COCCCS(=O)(=O)c1cc(C)c(-c2ccc(F)c3c2CC[C@H]3C)c(C)c1. The lowest BCUT2D eigenvalue weighted by Gasteiger charge is -2.17. The van der Waals surface area contributed by atoms with Crippen molar-refractivity contribution in [2.75, 3.05) is 19.5 Å². The standard InChI is InChI=1S/C22H27FO3S/c1-14-6-7-19-18(8-9-20(23)22(14)19)21-15(2)12-17(13-16(21)3)27(24,25)11-5-10-26-4/h8-9,12-14H,5-7,10-11H2,1-4H3/t14-/m1/s1. The summed E-state index contributed by atoms with van der Waals surface area (Å²) >= 11 is 0. The number of sulfone groups is 1. The van der Waals surface area contributed by atoms with E-state index in [-0.39, 0.29) is 17.5 Å². The highest BCUT2D eigenvalue weighted by atomic mass is 32.2. The fourth-order valence-electron chi connectivity index (χ4n) is 4.22. The first-order chi connectivity index (χ1) is 12.8. The van der Waals surface area contributed by atoms with Gasteiger partial charge >= 0.3 is 0 Å². The highest BCUT2D eigenvalue weighted by molar-refractivity contribution is 7.91. The van der Waals surface area contributed by atoms with Gasteiger partial charge in [0.05, 0.1) is 10.6 Å². The van der Waals surface area contributed by atoms with Gasteiger partial charge in [-0.2, -0.15) is 0 Å². The molecule has 0 amide bonds. The van der Waals surface area contributed by atoms with Crippen molar-refractivity contribution < 1.29 is 17.5 Å². The summed E-state index contributed by atoms with van der Waals surface area (Å²) in [6.45, 7) is 6.36. The number of aryl methyl sites for hydroxylation is 2. The molecule has 0 bridgehead atoms. The molecule has 27 heavy (non-hydrogen) atoms. The first-order valence-corrected chi connectivity index (χ1v) is 11.1. The van der Waals surface area contributed by atoms with E-state index < -0.39 is 9.84 Å². The van der Waals surface area contributed by atoms with E-state index in [1.165, 1.54) is 0 Å². The number of benzene rings is 2. The summed E-state index contributed by atoms with van der Waals surface area (Å²) in [4.78, 5) is 0.351. The molecule has 146 valence electrons. The number of hydrogen-bond donors (Lipinski definition) is 0. The number of hydrogen-bond acceptors (Lipinski definition) is 3. The van der Waals surface area contributed by atoms with Crippen LogP contribution in [0.2, 0.25) is 0 Å². The highest BCUT2D eigenvalue weighted by Gasteiger charge is 2.27. The molecule has 1 atom stereocenters. The molecule has 1 aliphatic carbocycles. The molecule has 1 aliphatic rings. The zero-order chi connectivity index (χ0) is 19.8. The molecule has 0 aromatic heterocycles. The van der Waals surface area contributed by atoms with Crippen molar-refractivity contribution in [3.05, 3.63) is 52.3 Å². The lowest BCUT2D eigenvalue weighted by molar-refractivity contribution is 0.199. The minimum absolute atomic E-state index is 0.0720. The van der Waals surface area contributed by atoms with Crippen molar-refractivity contribution in [2.24, 2.45) is 0 Å². The second kappa shape index (κ2) is 7.72. The van der Waals surface area contributed by atoms with Crippen molar-refractivity contribution in [2.45, 2.75) is 50.8 Å². The third-order valence-electron chi connectivity index (χ3n) is 5.52. The van der Waals surface area contributed by atoms with E-state index in [1.54, 1.807) is 25.3 Å². The average Bonchev–Trinajstić information content (AvgIpc) is 2.99. The number of rotatable bonds is 6. The molecule has 0 unspecified atom stereocenters. The van der Waals surface area contributed by atoms with Crippen LogP contribution in [0, 0.1) is 19.7 Å². The maximum Gasteiger partial charge on any atom is 0.178 e. The first-order valence-electron chi connectivity index (χ1n) is 9.41. The Labute approximate surface area is 161 Å². The van der Waals surface area contributed by atoms with E-state index in [4.69, 9.17) is 4.74 Å². The topological polar surface area (TPSA) is 43.4 Å². The minimum Gasteiger partial charge on any atom is -0.385 e. The van der Waals surface area contributed by atoms with E-state index in [9.17, 15) is 12.8 Å². The van der Waals surface area contributed by atoms with E-state index in [1.807, 2.05) is 19.9 Å². The monoisotopic (exact) mass is 390 g/mol. The summed E-state index contributed by atoms with van der Waals surface area (Å²) in [7, 11) is -1.78. The van der Waals surface area contributed by atoms with Crippen LogP contribution in [0.5, 0.6) is 0 Å². The third kappa shape index (κ3) is 3.81. The molecule has 0 N–H and O–H groups in total. The smallest absolute Gasteiger partial charge is 0.178 e. The second-order valence-electron chi connectivity index (χ2n) is 7.52. The molecule has 2 aromatic carbocycles. The molecule has 0 saturated carbocycles. The van der Waals surface area contributed by atoms with Gasteiger partial charge in [-0.15, -0.1) is 0 Å². The molecular formula is C22H27FO3S. The van der Waals surface area contributed by atoms with Crippen LogP contribution < -0.4 is 0 Å². The molecule has 0 spiro atoms. The highest BCUT2D eigenvalue weighted by Crippen LogP contribution is 2.42. The Bertz CT molecular complexity index is 941. The molecule has 0 saturated heterocycles.